The van der Waals surface area contributed by atoms with Crippen molar-refractivity contribution in [3.63, 3.8) is 0 Å². The number of sulfonamides is 1. The van der Waals surface area contributed by atoms with Gasteiger partial charge in [0.2, 0.25) is 10.0 Å². The first-order chi connectivity index (χ1) is 14.0. The number of hydrogen-bond donors (Lipinski definition) is 2. The van der Waals surface area contributed by atoms with Crippen molar-refractivity contribution in [3.05, 3.63) is 54.1 Å². The van der Waals surface area contributed by atoms with Crippen LogP contribution in [0.5, 0.6) is 5.75 Å². The van der Waals surface area contributed by atoms with Gasteiger partial charge in [0.15, 0.2) is 6.61 Å². The monoisotopic (exact) mass is 444 g/mol. The molecule has 0 bridgehead atoms. The number of carbonyl (C=O) groups excluding carboxylic acids is 1. The lowest BCUT2D eigenvalue weighted by Gasteiger charge is -2.15. The Morgan fingerprint density at radius 2 is 1.73 bits per heavy atom. The molecule has 2 aromatic rings. The zero-order valence-corrected chi connectivity index (χ0v) is 17.3. The van der Waals surface area contributed by atoms with Gasteiger partial charge in [-0.3, -0.25) is 4.79 Å². The minimum Gasteiger partial charge on any atom is -0.483 e. The highest BCUT2D eigenvalue weighted by Gasteiger charge is 2.30. The van der Waals surface area contributed by atoms with Gasteiger partial charge < -0.3 is 10.1 Å². The smallest absolute Gasteiger partial charge is 0.402 e. The molecule has 1 amide bonds. The third-order valence-electron chi connectivity index (χ3n) is 4.33. The first-order valence-electron chi connectivity index (χ1n) is 9.20. The molecule has 30 heavy (non-hydrogen) atoms. The zero-order chi connectivity index (χ0) is 22.4. The van der Waals surface area contributed by atoms with Gasteiger partial charge in [-0.2, -0.15) is 13.2 Å². The predicted octanol–water partition coefficient (Wildman–Crippen LogP) is 4.06. The fourth-order valence-corrected chi connectivity index (χ4v) is 3.57. The molecule has 6 nitrogen and oxygen atoms in total. The van der Waals surface area contributed by atoms with Crippen molar-refractivity contribution in [1.29, 1.82) is 0 Å². The van der Waals surface area contributed by atoms with E-state index in [1.807, 2.05) is 18.2 Å². The number of para-hydroxylation sites is 1. The summed E-state index contributed by atoms with van der Waals surface area (Å²) in [5.41, 5.74) is 1.28. The van der Waals surface area contributed by atoms with E-state index in [0.29, 0.717) is 5.75 Å². The Kier molecular flexibility index (Phi) is 7.85. The van der Waals surface area contributed by atoms with Gasteiger partial charge in [0.05, 0.1) is 4.90 Å². The Balaban J connectivity index is 1.96. The van der Waals surface area contributed by atoms with Crippen LogP contribution >= 0.6 is 0 Å². The van der Waals surface area contributed by atoms with Crippen molar-refractivity contribution >= 4 is 21.6 Å². The van der Waals surface area contributed by atoms with E-state index in [2.05, 4.69) is 19.2 Å². The first kappa shape index (κ1) is 23.7. The molecule has 0 aliphatic heterocycles. The topological polar surface area (TPSA) is 84.5 Å². The molecule has 2 rings (SSSR count). The van der Waals surface area contributed by atoms with Crippen molar-refractivity contribution in [1.82, 2.24) is 4.72 Å². The third kappa shape index (κ3) is 7.03. The third-order valence-corrected chi connectivity index (χ3v) is 5.75. The van der Waals surface area contributed by atoms with Crippen LogP contribution in [0.4, 0.5) is 18.9 Å². The Bertz CT molecular complexity index is 961. The van der Waals surface area contributed by atoms with Crippen LogP contribution in [-0.2, 0) is 14.8 Å². The van der Waals surface area contributed by atoms with E-state index in [-0.39, 0.29) is 23.1 Å². The number of ether oxygens (including phenoxy) is 1. The van der Waals surface area contributed by atoms with Gasteiger partial charge in [0.1, 0.15) is 12.3 Å². The quantitative estimate of drug-likeness (QED) is 0.611. The molecule has 0 aromatic heterocycles. The molecule has 0 radical (unpaired) electrons. The maximum Gasteiger partial charge on any atom is 0.402 e. The second-order valence-electron chi connectivity index (χ2n) is 6.65. The first-order valence-corrected chi connectivity index (χ1v) is 10.7. The largest absolute Gasteiger partial charge is 0.483 e. The molecule has 2 N–H and O–H groups in total. The molecule has 0 saturated carbocycles. The summed E-state index contributed by atoms with van der Waals surface area (Å²) >= 11 is 0. The van der Waals surface area contributed by atoms with E-state index >= 15 is 0 Å². The minimum absolute atomic E-state index is 0.249. The van der Waals surface area contributed by atoms with Gasteiger partial charge in [0.25, 0.3) is 5.91 Å². The highest BCUT2D eigenvalue weighted by molar-refractivity contribution is 7.89. The predicted molar refractivity (Wildman–Crippen MR) is 107 cm³/mol. The summed E-state index contributed by atoms with van der Waals surface area (Å²) in [5.74, 6) is 0.420. The van der Waals surface area contributed by atoms with Crippen LogP contribution in [0.3, 0.4) is 0 Å². The van der Waals surface area contributed by atoms with E-state index in [1.165, 1.54) is 16.9 Å². The summed E-state index contributed by atoms with van der Waals surface area (Å²) < 4.78 is 67.4. The maximum absolute atomic E-state index is 12.2. The summed E-state index contributed by atoms with van der Waals surface area (Å²) in [4.78, 5) is 11.8. The molecule has 0 fully saturated rings. The number of nitrogens with one attached hydrogen (secondary N) is 2. The SMILES string of the molecule is CCC(C)c1ccccc1OCC(=O)Nc1ccc(S(=O)(=O)NCC(F)(F)F)cc1. The number of anilines is 1. The van der Waals surface area contributed by atoms with Crippen LogP contribution in [0.2, 0.25) is 0 Å². The van der Waals surface area contributed by atoms with E-state index in [9.17, 15) is 26.4 Å². The number of alkyl halides is 3. The standard InChI is InChI=1S/C20H23F3N2O4S/c1-3-14(2)17-6-4-5-7-18(17)29-12-19(26)25-15-8-10-16(11-9-15)30(27,28)24-13-20(21,22)23/h4-11,14,24H,3,12-13H2,1-2H3,(H,25,26). The van der Waals surface area contributed by atoms with Crippen LogP contribution in [0.15, 0.2) is 53.4 Å². The van der Waals surface area contributed by atoms with Gasteiger partial charge in [-0.05, 0) is 48.2 Å². The Morgan fingerprint density at radius 1 is 1.10 bits per heavy atom. The van der Waals surface area contributed by atoms with E-state index in [4.69, 9.17) is 4.74 Å². The average Bonchev–Trinajstić information content (AvgIpc) is 2.70. The van der Waals surface area contributed by atoms with Crippen molar-refractivity contribution in [2.75, 3.05) is 18.5 Å². The Morgan fingerprint density at radius 3 is 2.33 bits per heavy atom. The lowest BCUT2D eigenvalue weighted by molar-refractivity contribution is -0.121. The molecule has 2 aromatic carbocycles. The van der Waals surface area contributed by atoms with Gasteiger partial charge in [0, 0.05) is 5.69 Å². The fourth-order valence-electron chi connectivity index (χ4n) is 2.56. The molecule has 164 valence electrons. The Hall–Kier alpha value is -2.59. The summed E-state index contributed by atoms with van der Waals surface area (Å²) in [6.07, 6.45) is -3.74. The average molecular weight is 444 g/mol. The van der Waals surface area contributed by atoms with Gasteiger partial charge in [-0.1, -0.05) is 32.0 Å². The summed E-state index contributed by atoms with van der Waals surface area (Å²) in [6.45, 7) is 2.20. The molecule has 1 unspecified atom stereocenters. The van der Waals surface area contributed by atoms with Gasteiger partial charge in [-0.15, -0.1) is 0 Å². The molecular formula is C20H23F3N2O4S. The second kappa shape index (κ2) is 9.94. The van der Waals surface area contributed by atoms with E-state index in [0.717, 1.165) is 24.1 Å². The lowest BCUT2D eigenvalue weighted by atomic mass is 9.98. The van der Waals surface area contributed by atoms with Crippen LogP contribution in [0, 0.1) is 0 Å². The van der Waals surface area contributed by atoms with Crippen molar-refractivity contribution < 1.29 is 31.1 Å². The van der Waals surface area contributed by atoms with Crippen LogP contribution < -0.4 is 14.8 Å². The van der Waals surface area contributed by atoms with Crippen molar-refractivity contribution in [3.8, 4) is 5.75 Å². The maximum atomic E-state index is 12.2. The molecule has 0 saturated heterocycles. The number of carbonyl (C=O) groups is 1. The van der Waals surface area contributed by atoms with Gasteiger partial charge >= 0.3 is 6.18 Å². The molecule has 1 atom stereocenters. The summed E-state index contributed by atoms with van der Waals surface area (Å²) in [6, 6.07) is 12.2. The molecule has 0 aliphatic carbocycles. The second-order valence-corrected chi connectivity index (χ2v) is 8.42. The molecule has 10 heteroatoms. The highest BCUT2D eigenvalue weighted by atomic mass is 32.2. The number of benzene rings is 2. The summed E-state index contributed by atoms with van der Waals surface area (Å²) in [7, 11) is -4.31. The van der Waals surface area contributed by atoms with Crippen molar-refractivity contribution in [2.24, 2.45) is 0 Å². The van der Waals surface area contributed by atoms with Crippen LogP contribution in [0.25, 0.3) is 0 Å². The summed E-state index contributed by atoms with van der Waals surface area (Å²) in [5, 5.41) is 2.55. The normalized spacial score (nSPS) is 13.0. The number of hydrogen-bond acceptors (Lipinski definition) is 4. The number of halogens is 3. The van der Waals surface area contributed by atoms with Crippen LogP contribution in [-0.4, -0.2) is 33.7 Å². The fraction of sp³-hybridized carbons (Fsp3) is 0.350. The highest BCUT2D eigenvalue weighted by Crippen LogP contribution is 2.28. The minimum atomic E-state index is -4.66. The van der Waals surface area contributed by atoms with Crippen LogP contribution in [0.1, 0.15) is 31.7 Å². The molecular weight excluding hydrogens is 421 g/mol. The molecule has 0 heterocycles. The van der Waals surface area contributed by atoms with Crippen molar-refractivity contribution in [2.45, 2.75) is 37.3 Å². The van der Waals surface area contributed by atoms with E-state index < -0.39 is 28.7 Å². The number of rotatable bonds is 9. The molecule has 0 spiro atoms. The number of amides is 1. The zero-order valence-electron chi connectivity index (χ0n) is 16.5. The lowest BCUT2D eigenvalue weighted by Crippen LogP contribution is -2.33. The Labute approximate surface area is 173 Å². The van der Waals surface area contributed by atoms with Gasteiger partial charge in [-0.25, -0.2) is 13.1 Å². The van der Waals surface area contributed by atoms with E-state index in [1.54, 1.807) is 6.07 Å². The molecule has 0 aliphatic rings.